The van der Waals surface area contributed by atoms with Gasteiger partial charge >= 0.3 is 6.18 Å². The third-order valence-corrected chi connectivity index (χ3v) is 6.22. The average Bonchev–Trinajstić information content (AvgIpc) is 3.01. The van der Waals surface area contributed by atoms with Crippen molar-refractivity contribution in [3.63, 3.8) is 0 Å². The SMILES string of the molecule is CN(CCNc1ncccc1C(F)(F)F)S(=O)(=O)c1cccs1. The third-order valence-electron chi connectivity index (χ3n) is 2.99. The fourth-order valence-electron chi connectivity index (χ4n) is 1.79. The van der Waals surface area contributed by atoms with Gasteiger partial charge in [0.15, 0.2) is 0 Å². The Morgan fingerprint density at radius 3 is 2.65 bits per heavy atom. The van der Waals surface area contributed by atoms with Crippen LogP contribution in [0.4, 0.5) is 19.0 Å². The maximum atomic E-state index is 12.8. The van der Waals surface area contributed by atoms with Gasteiger partial charge in [0.2, 0.25) is 0 Å². The summed E-state index contributed by atoms with van der Waals surface area (Å²) in [6, 6.07) is 5.21. The highest BCUT2D eigenvalue weighted by Crippen LogP contribution is 2.33. The van der Waals surface area contributed by atoms with Gasteiger partial charge in [0.05, 0.1) is 5.56 Å². The minimum Gasteiger partial charge on any atom is -0.368 e. The fraction of sp³-hybridized carbons (Fsp3) is 0.308. The standard InChI is InChI=1S/C13H14F3N3O2S2/c1-19(23(20,21)11-5-3-9-22-11)8-7-18-12-10(13(14,15)16)4-2-6-17-12/h2-6,9H,7-8H2,1H3,(H,17,18). The molecule has 0 radical (unpaired) electrons. The number of halogens is 3. The van der Waals surface area contributed by atoms with E-state index in [4.69, 9.17) is 0 Å². The van der Waals surface area contributed by atoms with Crippen molar-refractivity contribution in [2.45, 2.75) is 10.4 Å². The largest absolute Gasteiger partial charge is 0.419 e. The smallest absolute Gasteiger partial charge is 0.368 e. The van der Waals surface area contributed by atoms with Crippen LogP contribution in [0.1, 0.15) is 5.56 Å². The Hall–Kier alpha value is -1.65. The van der Waals surface area contributed by atoms with Crippen molar-refractivity contribution in [3.05, 3.63) is 41.4 Å². The average molecular weight is 365 g/mol. The predicted molar refractivity (Wildman–Crippen MR) is 81.9 cm³/mol. The second kappa shape index (κ2) is 6.85. The molecule has 2 heterocycles. The van der Waals surface area contributed by atoms with Gasteiger partial charge in [-0.15, -0.1) is 11.3 Å². The second-order valence-electron chi connectivity index (χ2n) is 4.58. The highest BCUT2D eigenvalue weighted by atomic mass is 32.2. The first kappa shape index (κ1) is 17.7. The normalized spacial score (nSPS) is 12.6. The number of anilines is 1. The Balaban J connectivity index is 2.01. The first-order chi connectivity index (χ1) is 10.7. The van der Waals surface area contributed by atoms with Crippen LogP contribution in [0.5, 0.6) is 0 Å². The van der Waals surface area contributed by atoms with Gasteiger partial charge in [0.25, 0.3) is 10.0 Å². The lowest BCUT2D eigenvalue weighted by Crippen LogP contribution is -2.31. The summed E-state index contributed by atoms with van der Waals surface area (Å²) in [5.74, 6) is -0.318. The summed E-state index contributed by atoms with van der Waals surface area (Å²) in [6.07, 6.45) is -3.28. The summed E-state index contributed by atoms with van der Waals surface area (Å²) in [5.41, 5.74) is -0.885. The molecule has 0 amide bonds. The van der Waals surface area contributed by atoms with E-state index in [2.05, 4.69) is 10.3 Å². The molecule has 0 aromatic carbocycles. The van der Waals surface area contributed by atoms with Crippen LogP contribution in [0.3, 0.4) is 0 Å². The van der Waals surface area contributed by atoms with Gasteiger partial charge in [0.1, 0.15) is 10.0 Å². The molecule has 2 aromatic heterocycles. The van der Waals surface area contributed by atoms with E-state index < -0.39 is 21.8 Å². The number of likely N-dealkylation sites (N-methyl/N-ethyl adjacent to an activating group) is 1. The van der Waals surface area contributed by atoms with E-state index in [1.807, 2.05) is 0 Å². The maximum absolute atomic E-state index is 12.8. The van der Waals surface area contributed by atoms with Crippen LogP contribution in [-0.2, 0) is 16.2 Å². The minimum absolute atomic E-state index is 0.00119. The zero-order chi connectivity index (χ0) is 17.1. The van der Waals surface area contributed by atoms with Crippen molar-refractivity contribution in [2.75, 3.05) is 25.5 Å². The lowest BCUT2D eigenvalue weighted by molar-refractivity contribution is -0.137. The molecule has 0 atom stereocenters. The van der Waals surface area contributed by atoms with Crippen molar-refractivity contribution >= 4 is 27.2 Å². The number of sulfonamides is 1. The van der Waals surface area contributed by atoms with Crippen molar-refractivity contribution in [2.24, 2.45) is 0 Å². The molecule has 2 aromatic rings. The lowest BCUT2D eigenvalue weighted by atomic mass is 10.2. The molecule has 1 N–H and O–H groups in total. The summed E-state index contributed by atoms with van der Waals surface area (Å²) in [6.45, 7) is 0.00923. The van der Waals surface area contributed by atoms with E-state index in [0.717, 1.165) is 21.7 Å². The Morgan fingerprint density at radius 2 is 2.04 bits per heavy atom. The zero-order valence-corrected chi connectivity index (χ0v) is 13.7. The van der Waals surface area contributed by atoms with Crippen molar-refractivity contribution in [1.82, 2.24) is 9.29 Å². The summed E-state index contributed by atoms with van der Waals surface area (Å²) < 4.78 is 64.1. The number of thiophene rings is 1. The van der Waals surface area contributed by atoms with Crippen LogP contribution in [0, 0.1) is 0 Å². The minimum atomic E-state index is -4.52. The van der Waals surface area contributed by atoms with Gasteiger partial charge in [-0.25, -0.2) is 13.4 Å². The first-order valence-corrected chi connectivity index (χ1v) is 8.81. The van der Waals surface area contributed by atoms with E-state index in [0.29, 0.717) is 0 Å². The fourth-order valence-corrected chi connectivity index (χ4v) is 4.16. The monoisotopic (exact) mass is 365 g/mol. The molecule has 0 bridgehead atoms. The molecule has 0 aliphatic heterocycles. The summed E-state index contributed by atoms with van der Waals surface area (Å²) >= 11 is 1.08. The number of nitrogens with zero attached hydrogens (tertiary/aromatic N) is 2. The number of alkyl halides is 3. The molecule has 0 unspecified atom stereocenters. The van der Waals surface area contributed by atoms with Crippen molar-refractivity contribution in [1.29, 1.82) is 0 Å². The van der Waals surface area contributed by atoms with Crippen LogP contribution in [0.25, 0.3) is 0 Å². The zero-order valence-electron chi connectivity index (χ0n) is 12.0. The Morgan fingerprint density at radius 1 is 1.30 bits per heavy atom. The van der Waals surface area contributed by atoms with Crippen LogP contribution < -0.4 is 5.32 Å². The number of pyridine rings is 1. The quantitative estimate of drug-likeness (QED) is 0.855. The molecule has 2 rings (SSSR count). The van der Waals surface area contributed by atoms with Gasteiger partial charge in [-0.2, -0.15) is 17.5 Å². The van der Waals surface area contributed by atoms with E-state index in [-0.39, 0.29) is 23.1 Å². The van der Waals surface area contributed by atoms with Crippen molar-refractivity contribution in [3.8, 4) is 0 Å². The number of hydrogen-bond acceptors (Lipinski definition) is 5. The van der Waals surface area contributed by atoms with Crippen LogP contribution in [0.15, 0.2) is 40.1 Å². The Kier molecular flexibility index (Phi) is 5.27. The van der Waals surface area contributed by atoms with Crippen LogP contribution in [-0.4, -0.2) is 37.8 Å². The number of nitrogens with one attached hydrogen (secondary N) is 1. The lowest BCUT2D eigenvalue weighted by Gasteiger charge is -2.18. The van der Waals surface area contributed by atoms with Gasteiger partial charge < -0.3 is 5.32 Å². The molecular formula is C13H14F3N3O2S2. The highest BCUT2D eigenvalue weighted by Gasteiger charge is 2.34. The predicted octanol–water partition coefficient (Wildman–Crippen LogP) is 2.89. The number of rotatable bonds is 6. The van der Waals surface area contributed by atoms with E-state index >= 15 is 0 Å². The Labute approximate surface area is 135 Å². The topological polar surface area (TPSA) is 62.3 Å². The van der Waals surface area contributed by atoms with E-state index in [9.17, 15) is 21.6 Å². The van der Waals surface area contributed by atoms with Gasteiger partial charge in [-0.3, -0.25) is 0 Å². The molecule has 0 saturated carbocycles. The molecule has 126 valence electrons. The third kappa shape index (κ3) is 4.21. The first-order valence-electron chi connectivity index (χ1n) is 6.49. The van der Waals surface area contributed by atoms with Crippen molar-refractivity contribution < 1.29 is 21.6 Å². The number of hydrogen-bond donors (Lipinski definition) is 1. The van der Waals surface area contributed by atoms with Gasteiger partial charge in [-0.05, 0) is 23.6 Å². The molecule has 23 heavy (non-hydrogen) atoms. The summed E-state index contributed by atoms with van der Waals surface area (Å²) in [7, 11) is -2.24. The molecule has 10 heteroatoms. The Bertz CT molecular complexity index is 746. The van der Waals surface area contributed by atoms with E-state index in [1.165, 1.54) is 25.4 Å². The molecular weight excluding hydrogens is 351 g/mol. The van der Waals surface area contributed by atoms with Gasteiger partial charge in [-0.1, -0.05) is 6.07 Å². The summed E-state index contributed by atoms with van der Waals surface area (Å²) in [4.78, 5) is 3.66. The van der Waals surface area contributed by atoms with Crippen LogP contribution >= 0.6 is 11.3 Å². The second-order valence-corrected chi connectivity index (χ2v) is 7.80. The highest BCUT2D eigenvalue weighted by molar-refractivity contribution is 7.91. The maximum Gasteiger partial charge on any atom is 0.419 e. The molecule has 0 aliphatic rings. The molecule has 0 aliphatic carbocycles. The van der Waals surface area contributed by atoms with Gasteiger partial charge in [0, 0.05) is 26.3 Å². The number of aromatic nitrogens is 1. The van der Waals surface area contributed by atoms with E-state index in [1.54, 1.807) is 11.4 Å². The molecule has 0 spiro atoms. The molecule has 0 fully saturated rings. The molecule has 5 nitrogen and oxygen atoms in total. The summed E-state index contributed by atoms with van der Waals surface area (Å²) in [5, 5.41) is 4.18. The van der Waals surface area contributed by atoms with Crippen LogP contribution in [0.2, 0.25) is 0 Å². The molecule has 0 saturated heterocycles.